The van der Waals surface area contributed by atoms with Crippen LogP contribution < -0.4 is 32.8 Å². The van der Waals surface area contributed by atoms with E-state index >= 15 is 0 Å². The third kappa shape index (κ3) is 2.52. The van der Waals surface area contributed by atoms with E-state index in [-0.39, 0.29) is 13.4 Å². The monoisotopic (exact) mass is 565 g/mol. The molecule has 0 spiro atoms. The predicted molar refractivity (Wildman–Crippen MR) is 181 cm³/mol. The van der Waals surface area contributed by atoms with Gasteiger partial charge in [0.05, 0.1) is 0 Å². The Morgan fingerprint density at radius 2 is 1.07 bits per heavy atom. The van der Waals surface area contributed by atoms with Crippen molar-refractivity contribution in [3.63, 3.8) is 0 Å². The Hall–Kier alpha value is -4.05. The summed E-state index contributed by atoms with van der Waals surface area (Å²) in [5.41, 5.74) is 17.1. The third-order valence-corrected chi connectivity index (χ3v) is 12.4. The highest BCUT2D eigenvalue weighted by Crippen LogP contribution is 2.49. The van der Waals surface area contributed by atoms with Crippen molar-refractivity contribution in [3.8, 4) is 16.8 Å². The first-order chi connectivity index (χ1) is 20.8. The molecular weight excluding hydrogens is 544 g/mol. The molecule has 0 amide bonds. The van der Waals surface area contributed by atoms with Crippen LogP contribution in [0.3, 0.4) is 0 Å². The second-order valence-electron chi connectivity index (χ2n) is 12.0. The van der Waals surface area contributed by atoms with Crippen molar-refractivity contribution < 1.29 is 0 Å². The smallest absolute Gasteiger partial charge is 0.249 e. The van der Waals surface area contributed by atoms with Gasteiger partial charge < -0.3 is 4.57 Å². The molecule has 4 aliphatic heterocycles. The Morgan fingerprint density at radius 3 is 1.64 bits per heavy atom. The lowest BCUT2D eigenvalue weighted by Crippen LogP contribution is -2.66. The van der Waals surface area contributed by atoms with Gasteiger partial charge in [-0.15, -0.1) is 0 Å². The van der Waals surface area contributed by atoms with Gasteiger partial charge in [-0.1, -0.05) is 137 Å². The number of para-hydroxylation sites is 2. The van der Waals surface area contributed by atoms with E-state index in [4.69, 9.17) is 0 Å². The molecular formula is C37H21B2NS2. The topological polar surface area (TPSA) is 4.93 Å². The number of hydrogen-bond acceptors (Lipinski definition) is 2. The number of rotatable bonds is 1. The van der Waals surface area contributed by atoms with Gasteiger partial charge in [0.25, 0.3) is 0 Å². The molecule has 6 aromatic carbocycles. The van der Waals surface area contributed by atoms with E-state index in [1.165, 1.54) is 96.5 Å². The Kier molecular flexibility index (Phi) is 4.11. The lowest BCUT2D eigenvalue weighted by Gasteiger charge is -2.42. The molecule has 0 N–H and O–H groups in total. The third-order valence-electron chi connectivity index (χ3n) is 9.94. The first-order valence-corrected chi connectivity index (χ1v) is 16.3. The molecule has 0 saturated carbocycles. The SMILES string of the molecule is Cc1cccc(-c2c3c4c5c6c2Sc2ccccc2B6c2cccc6c7cccc(c7n-5c26)B4c2ccccc2S3)c1. The van der Waals surface area contributed by atoms with Crippen LogP contribution in [-0.2, 0) is 0 Å². The molecule has 1 aromatic heterocycles. The highest BCUT2D eigenvalue weighted by atomic mass is 32.2. The zero-order valence-electron chi connectivity index (χ0n) is 22.8. The van der Waals surface area contributed by atoms with Crippen molar-refractivity contribution in [1.29, 1.82) is 0 Å². The number of fused-ring (bicyclic) bond motifs is 7. The molecule has 42 heavy (non-hydrogen) atoms. The fourth-order valence-corrected chi connectivity index (χ4v) is 11.1. The quantitative estimate of drug-likeness (QED) is 0.248. The van der Waals surface area contributed by atoms with E-state index in [9.17, 15) is 0 Å². The molecule has 0 aliphatic carbocycles. The maximum absolute atomic E-state index is 2.68. The van der Waals surface area contributed by atoms with Gasteiger partial charge in [-0.25, -0.2) is 0 Å². The normalized spacial score (nSPS) is 14.5. The summed E-state index contributed by atoms with van der Waals surface area (Å²) in [5.74, 6) is 0. The van der Waals surface area contributed by atoms with E-state index < -0.39 is 0 Å². The first kappa shape index (κ1) is 22.5. The average molecular weight is 565 g/mol. The summed E-state index contributed by atoms with van der Waals surface area (Å²) in [6.07, 6.45) is 0. The van der Waals surface area contributed by atoms with Gasteiger partial charge in [0, 0.05) is 52.6 Å². The van der Waals surface area contributed by atoms with Gasteiger partial charge in [0.1, 0.15) is 0 Å². The van der Waals surface area contributed by atoms with Crippen molar-refractivity contribution in [2.75, 3.05) is 0 Å². The molecule has 4 aliphatic rings. The maximum Gasteiger partial charge on any atom is 0.249 e. The number of nitrogens with zero attached hydrogens (tertiary/aromatic N) is 1. The van der Waals surface area contributed by atoms with E-state index in [1.807, 2.05) is 23.5 Å². The van der Waals surface area contributed by atoms with Crippen LogP contribution in [0.2, 0.25) is 0 Å². The van der Waals surface area contributed by atoms with E-state index in [2.05, 4.69) is 121 Å². The zero-order chi connectivity index (χ0) is 27.3. The van der Waals surface area contributed by atoms with Crippen LogP contribution in [-0.4, -0.2) is 18.0 Å². The summed E-state index contributed by atoms with van der Waals surface area (Å²) in [6, 6.07) is 41.6. The van der Waals surface area contributed by atoms with Crippen molar-refractivity contribution >= 4 is 91.5 Å². The summed E-state index contributed by atoms with van der Waals surface area (Å²) in [5, 5.41) is 2.76. The molecule has 11 rings (SSSR count). The molecule has 0 saturated heterocycles. The Labute approximate surface area is 253 Å². The van der Waals surface area contributed by atoms with Gasteiger partial charge in [0.2, 0.25) is 13.4 Å². The van der Waals surface area contributed by atoms with Gasteiger partial charge in [-0.3, -0.25) is 0 Å². The van der Waals surface area contributed by atoms with Crippen LogP contribution in [0.1, 0.15) is 5.56 Å². The summed E-state index contributed by atoms with van der Waals surface area (Å²) in [4.78, 5) is 5.64. The summed E-state index contributed by atoms with van der Waals surface area (Å²) >= 11 is 3.98. The molecule has 0 atom stereocenters. The molecule has 0 radical (unpaired) electrons. The Morgan fingerprint density at radius 1 is 0.548 bits per heavy atom. The summed E-state index contributed by atoms with van der Waals surface area (Å²) in [6.45, 7) is 2.65. The fourth-order valence-electron chi connectivity index (χ4n) is 8.44. The lowest BCUT2D eigenvalue weighted by molar-refractivity contribution is 1.16. The van der Waals surface area contributed by atoms with Crippen LogP contribution in [0.4, 0.5) is 0 Å². The second-order valence-corrected chi connectivity index (χ2v) is 14.2. The van der Waals surface area contributed by atoms with E-state index in [0.29, 0.717) is 0 Å². The van der Waals surface area contributed by atoms with Crippen molar-refractivity contribution in [2.45, 2.75) is 26.5 Å². The van der Waals surface area contributed by atoms with Crippen LogP contribution in [0, 0.1) is 6.92 Å². The van der Waals surface area contributed by atoms with Gasteiger partial charge in [-0.2, -0.15) is 0 Å². The zero-order valence-corrected chi connectivity index (χ0v) is 24.4. The minimum atomic E-state index is 0.214. The van der Waals surface area contributed by atoms with Gasteiger partial charge in [0.15, 0.2) is 0 Å². The van der Waals surface area contributed by atoms with Crippen molar-refractivity contribution in [1.82, 2.24) is 4.57 Å². The van der Waals surface area contributed by atoms with E-state index in [1.54, 1.807) is 0 Å². The number of benzene rings is 6. The fraction of sp³-hybridized carbons (Fsp3) is 0.0270. The van der Waals surface area contributed by atoms with Gasteiger partial charge >= 0.3 is 0 Å². The Bertz CT molecular complexity index is 2260. The van der Waals surface area contributed by atoms with Crippen molar-refractivity contribution in [2.24, 2.45) is 0 Å². The summed E-state index contributed by atoms with van der Waals surface area (Å²) < 4.78 is 2.68. The number of aromatic nitrogens is 1. The van der Waals surface area contributed by atoms with Crippen LogP contribution in [0.15, 0.2) is 129 Å². The lowest BCUT2D eigenvalue weighted by atomic mass is 9.31. The molecule has 1 nitrogen and oxygen atoms in total. The van der Waals surface area contributed by atoms with Crippen molar-refractivity contribution in [3.05, 3.63) is 115 Å². The van der Waals surface area contributed by atoms with Crippen LogP contribution in [0.5, 0.6) is 0 Å². The van der Waals surface area contributed by atoms with Gasteiger partial charge in [-0.05, 0) is 46.5 Å². The molecule has 5 heteroatoms. The Balaban J connectivity index is 1.44. The number of aryl methyl sites for hydroxylation is 1. The highest BCUT2D eigenvalue weighted by Gasteiger charge is 2.48. The minimum absolute atomic E-state index is 0.214. The summed E-state index contributed by atoms with van der Waals surface area (Å²) in [7, 11) is 0. The molecule has 0 unspecified atom stereocenters. The largest absolute Gasteiger partial charge is 0.311 e. The standard InChI is InChI=1S/C37H21B2NS2/c1-20-9-6-10-21(19-20)30-36-31-35-32-37(30)42-29-18-5-3-14-25(29)39(32)27-16-8-12-23-22-11-7-15-26(33(22)40(35)34(23)27)38(31)24-13-2-4-17-28(24)41-36/h2-19H,1H3. The van der Waals surface area contributed by atoms with Crippen LogP contribution in [0.25, 0.3) is 38.6 Å². The molecule has 5 heterocycles. The maximum atomic E-state index is 2.68. The average Bonchev–Trinajstić information content (AvgIpc) is 3.37. The highest BCUT2D eigenvalue weighted by molar-refractivity contribution is 8.01. The molecule has 7 aromatic rings. The molecule has 0 fully saturated rings. The van der Waals surface area contributed by atoms with E-state index in [0.717, 1.165) is 0 Å². The van der Waals surface area contributed by atoms with Crippen LogP contribution >= 0.6 is 23.5 Å². The first-order valence-electron chi connectivity index (χ1n) is 14.7. The molecule has 0 bridgehead atoms. The predicted octanol–water partition coefficient (Wildman–Crippen LogP) is 5.35. The second kappa shape index (κ2) is 7.66. The minimum Gasteiger partial charge on any atom is -0.311 e. The molecule has 192 valence electrons. The number of hydrogen-bond donors (Lipinski definition) is 0.